The fourth-order valence-corrected chi connectivity index (χ4v) is 4.16. The van der Waals surface area contributed by atoms with Crippen LogP contribution in [0.3, 0.4) is 0 Å². The molecule has 1 amide bonds. The number of carbonyl (C=O) groups excluding carboxylic acids is 1. The van der Waals surface area contributed by atoms with Gasteiger partial charge in [0.25, 0.3) is 5.91 Å². The Hall–Kier alpha value is -2.41. The molecule has 2 heterocycles. The number of nitrogens with one attached hydrogen (secondary N) is 2. The Morgan fingerprint density at radius 1 is 1.10 bits per heavy atom. The highest BCUT2D eigenvalue weighted by molar-refractivity contribution is 6.35. The Morgan fingerprint density at radius 2 is 1.76 bits per heavy atom. The molecule has 0 atom stereocenters. The number of halogens is 3. The molecule has 5 nitrogen and oxygen atoms in total. The number of amides is 1. The fourth-order valence-electron chi connectivity index (χ4n) is 3.63. The molecule has 0 spiro atoms. The van der Waals surface area contributed by atoms with Crippen molar-refractivity contribution in [3.05, 3.63) is 75.8 Å². The van der Waals surface area contributed by atoms with Crippen molar-refractivity contribution in [3.8, 4) is 5.69 Å². The molecule has 0 aliphatic carbocycles. The molecule has 2 N–H and O–H groups in total. The van der Waals surface area contributed by atoms with Crippen molar-refractivity contribution < 1.29 is 9.18 Å². The summed E-state index contributed by atoms with van der Waals surface area (Å²) in [6, 6.07) is 11.0. The molecule has 8 heteroatoms. The maximum atomic E-state index is 13.4. The number of piperidine rings is 1. The van der Waals surface area contributed by atoms with Crippen LogP contribution in [0.15, 0.2) is 48.7 Å². The second-order valence-electron chi connectivity index (χ2n) is 6.97. The van der Waals surface area contributed by atoms with Crippen molar-refractivity contribution in [2.24, 2.45) is 0 Å². The summed E-state index contributed by atoms with van der Waals surface area (Å²) in [5.74, 6) is -0.446. The highest BCUT2D eigenvalue weighted by Crippen LogP contribution is 2.31. The molecule has 150 valence electrons. The summed E-state index contributed by atoms with van der Waals surface area (Å²) >= 11 is 12.1. The van der Waals surface area contributed by atoms with Gasteiger partial charge in [-0.05, 0) is 68.4 Å². The van der Waals surface area contributed by atoms with Gasteiger partial charge in [-0.1, -0.05) is 23.2 Å². The average Bonchev–Trinajstić information content (AvgIpc) is 3.13. The second-order valence-corrected chi connectivity index (χ2v) is 7.84. The number of anilines is 1. The number of rotatable bonds is 4. The van der Waals surface area contributed by atoms with Gasteiger partial charge in [0.05, 0.1) is 23.1 Å². The molecule has 0 radical (unpaired) electrons. The van der Waals surface area contributed by atoms with Gasteiger partial charge in [-0.15, -0.1) is 0 Å². The van der Waals surface area contributed by atoms with Gasteiger partial charge in [-0.25, -0.2) is 9.07 Å². The lowest BCUT2D eigenvalue weighted by atomic mass is 9.91. The van der Waals surface area contributed by atoms with E-state index in [0.29, 0.717) is 27.0 Å². The van der Waals surface area contributed by atoms with Crippen LogP contribution >= 0.6 is 23.2 Å². The minimum Gasteiger partial charge on any atom is -0.322 e. The molecule has 0 saturated carbocycles. The van der Waals surface area contributed by atoms with Crippen LogP contribution in [-0.2, 0) is 0 Å². The Labute approximate surface area is 177 Å². The SMILES string of the molecule is O=C(Nc1cc(Cl)cc(Cl)c1)c1cnn(-c2ccc(F)cc2)c1C1CCNCC1. The summed E-state index contributed by atoms with van der Waals surface area (Å²) in [5, 5.41) is 11.5. The fraction of sp³-hybridized carbons (Fsp3) is 0.238. The molecule has 29 heavy (non-hydrogen) atoms. The number of hydrogen-bond donors (Lipinski definition) is 2. The van der Waals surface area contributed by atoms with Crippen LogP contribution in [-0.4, -0.2) is 28.8 Å². The van der Waals surface area contributed by atoms with Gasteiger partial charge in [0, 0.05) is 21.7 Å². The maximum absolute atomic E-state index is 13.4. The van der Waals surface area contributed by atoms with Gasteiger partial charge in [0.15, 0.2) is 0 Å². The van der Waals surface area contributed by atoms with Crippen molar-refractivity contribution in [1.82, 2.24) is 15.1 Å². The van der Waals surface area contributed by atoms with Crippen molar-refractivity contribution in [3.63, 3.8) is 0 Å². The van der Waals surface area contributed by atoms with Crippen LogP contribution < -0.4 is 10.6 Å². The summed E-state index contributed by atoms with van der Waals surface area (Å²) < 4.78 is 15.1. The zero-order chi connectivity index (χ0) is 20.4. The molecule has 0 unspecified atom stereocenters. The van der Waals surface area contributed by atoms with Gasteiger partial charge in [0.2, 0.25) is 0 Å². The first kappa shape index (κ1) is 19.9. The van der Waals surface area contributed by atoms with E-state index in [2.05, 4.69) is 15.7 Å². The van der Waals surface area contributed by atoms with E-state index in [1.807, 2.05) is 0 Å². The van der Waals surface area contributed by atoms with Crippen molar-refractivity contribution in [2.45, 2.75) is 18.8 Å². The number of carbonyl (C=O) groups is 1. The van der Waals surface area contributed by atoms with E-state index in [0.717, 1.165) is 31.6 Å². The van der Waals surface area contributed by atoms with Gasteiger partial charge in [-0.3, -0.25) is 4.79 Å². The summed E-state index contributed by atoms with van der Waals surface area (Å²) in [4.78, 5) is 13.1. The third-order valence-electron chi connectivity index (χ3n) is 4.97. The Morgan fingerprint density at radius 3 is 2.41 bits per heavy atom. The first-order chi connectivity index (χ1) is 14.0. The molecule has 1 aliphatic rings. The molecule has 0 bridgehead atoms. The largest absolute Gasteiger partial charge is 0.322 e. The number of nitrogens with zero attached hydrogens (tertiary/aromatic N) is 2. The van der Waals surface area contributed by atoms with E-state index < -0.39 is 0 Å². The number of aromatic nitrogens is 2. The third-order valence-corrected chi connectivity index (χ3v) is 5.40. The van der Waals surface area contributed by atoms with Crippen LogP contribution in [0, 0.1) is 5.82 Å². The smallest absolute Gasteiger partial charge is 0.259 e. The minimum atomic E-state index is -0.319. The predicted molar refractivity (Wildman–Crippen MR) is 113 cm³/mol. The molecule has 1 aromatic heterocycles. The molecule has 1 fully saturated rings. The van der Waals surface area contributed by atoms with Crippen molar-refractivity contribution in [2.75, 3.05) is 18.4 Å². The second kappa shape index (κ2) is 8.53. The molecule has 1 aliphatic heterocycles. The standard InChI is InChI=1S/C21H19Cl2FN4O/c22-14-9-15(23)11-17(10-14)27-21(29)19-12-26-28(18-3-1-16(24)2-4-18)20(19)13-5-7-25-8-6-13/h1-4,9-13,25H,5-8H2,(H,27,29). The number of hydrogen-bond acceptors (Lipinski definition) is 3. The van der Waals surface area contributed by atoms with Crippen molar-refractivity contribution in [1.29, 1.82) is 0 Å². The zero-order valence-electron chi connectivity index (χ0n) is 15.5. The molecule has 1 saturated heterocycles. The lowest BCUT2D eigenvalue weighted by Crippen LogP contribution is -2.29. The van der Waals surface area contributed by atoms with Crippen LogP contribution in [0.25, 0.3) is 5.69 Å². The summed E-state index contributed by atoms with van der Waals surface area (Å²) in [6.45, 7) is 1.73. The molecular formula is C21H19Cl2FN4O. The first-order valence-corrected chi connectivity index (χ1v) is 10.1. The molecular weight excluding hydrogens is 414 g/mol. The lowest BCUT2D eigenvalue weighted by Gasteiger charge is -2.24. The van der Waals surface area contributed by atoms with Crippen LogP contribution in [0.4, 0.5) is 10.1 Å². The zero-order valence-corrected chi connectivity index (χ0v) is 17.0. The van der Waals surface area contributed by atoms with E-state index in [4.69, 9.17) is 23.2 Å². The van der Waals surface area contributed by atoms with E-state index in [1.165, 1.54) is 12.1 Å². The summed E-state index contributed by atoms with van der Waals surface area (Å²) in [5.41, 5.74) is 2.53. The molecule has 2 aromatic carbocycles. The average molecular weight is 433 g/mol. The quantitative estimate of drug-likeness (QED) is 0.607. The van der Waals surface area contributed by atoms with Gasteiger partial charge in [0.1, 0.15) is 5.82 Å². The lowest BCUT2D eigenvalue weighted by molar-refractivity contribution is 0.102. The van der Waals surface area contributed by atoms with Crippen LogP contribution in [0.1, 0.15) is 34.8 Å². The molecule has 4 rings (SSSR count). The normalized spacial score (nSPS) is 14.7. The van der Waals surface area contributed by atoms with E-state index in [-0.39, 0.29) is 17.6 Å². The monoisotopic (exact) mass is 432 g/mol. The van der Waals surface area contributed by atoms with E-state index >= 15 is 0 Å². The highest BCUT2D eigenvalue weighted by atomic mass is 35.5. The van der Waals surface area contributed by atoms with Gasteiger partial charge in [-0.2, -0.15) is 5.10 Å². The first-order valence-electron chi connectivity index (χ1n) is 9.33. The Balaban J connectivity index is 1.72. The topological polar surface area (TPSA) is 59.0 Å². The Kier molecular flexibility index (Phi) is 5.85. The third kappa shape index (κ3) is 4.45. The van der Waals surface area contributed by atoms with Gasteiger partial charge < -0.3 is 10.6 Å². The van der Waals surface area contributed by atoms with Crippen molar-refractivity contribution >= 4 is 34.8 Å². The van der Waals surface area contributed by atoms with E-state index in [9.17, 15) is 9.18 Å². The minimum absolute atomic E-state index is 0.160. The Bertz CT molecular complexity index is 1010. The van der Waals surface area contributed by atoms with Crippen LogP contribution in [0.5, 0.6) is 0 Å². The van der Waals surface area contributed by atoms with Crippen LogP contribution in [0.2, 0.25) is 10.0 Å². The summed E-state index contributed by atoms with van der Waals surface area (Å²) in [6.07, 6.45) is 3.33. The van der Waals surface area contributed by atoms with E-state index in [1.54, 1.807) is 41.2 Å². The predicted octanol–water partition coefficient (Wildman–Crippen LogP) is 5.04. The maximum Gasteiger partial charge on any atom is 0.259 e. The molecule has 3 aromatic rings. The number of benzene rings is 2. The van der Waals surface area contributed by atoms with Gasteiger partial charge >= 0.3 is 0 Å². The summed E-state index contributed by atoms with van der Waals surface area (Å²) in [7, 11) is 0. The highest BCUT2D eigenvalue weighted by Gasteiger charge is 2.27.